The monoisotopic (exact) mass is 430 g/mol. The van der Waals surface area contributed by atoms with Crippen LogP contribution in [-0.2, 0) is 75.0 Å². The van der Waals surface area contributed by atoms with Crippen LogP contribution in [0.4, 0.5) is 0 Å². The van der Waals surface area contributed by atoms with Crippen molar-refractivity contribution in [3.8, 4) is 0 Å². The van der Waals surface area contributed by atoms with Crippen LogP contribution in [0, 0.1) is 0 Å². The molecule has 7 heteroatoms. The van der Waals surface area contributed by atoms with Crippen molar-refractivity contribution in [2.24, 2.45) is 0 Å². The molecule has 0 saturated heterocycles. The fraction of sp³-hybridized carbons (Fsp3) is 1.00. The maximum atomic E-state index is 2.18. The van der Waals surface area contributed by atoms with Gasteiger partial charge in [0.25, 0.3) is 0 Å². The first-order chi connectivity index (χ1) is 3.63. The van der Waals surface area contributed by atoms with Gasteiger partial charge in [-0.2, -0.15) is 0 Å². The molecule has 0 atom stereocenters. The predicted molar refractivity (Wildman–Crippen MR) is 64.8 cm³/mol. The Labute approximate surface area is 125 Å². The van der Waals surface area contributed by atoms with E-state index in [2.05, 4.69) is 28.2 Å². The SMILES string of the molecule is C[NH+](C)CC[NH+](C)C.[S-2].[S-2].[S-2].[S-2].[W]. The summed E-state index contributed by atoms with van der Waals surface area (Å²) in [7, 11) is 8.73. The second-order valence-electron chi connectivity index (χ2n) is 2.91. The first-order valence-corrected chi connectivity index (χ1v) is 3.21. The maximum absolute atomic E-state index is 2.18. The Morgan fingerprint density at radius 3 is 0.846 bits per heavy atom. The van der Waals surface area contributed by atoms with Crippen LogP contribution < -0.4 is 9.80 Å². The van der Waals surface area contributed by atoms with Gasteiger partial charge in [-0.3, -0.25) is 0 Å². The Hall–Kier alpha value is 2.01. The third kappa shape index (κ3) is 41.1. The first kappa shape index (κ1) is 36.3. The summed E-state index contributed by atoms with van der Waals surface area (Å²) < 4.78 is 0. The number of hydrogen-bond donors (Lipinski definition) is 2. The Balaban J connectivity index is -0.0000000245. The molecule has 0 spiro atoms. The summed E-state index contributed by atoms with van der Waals surface area (Å²) >= 11 is 0. The van der Waals surface area contributed by atoms with Crippen LogP contribution in [-0.4, -0.2) is 41.3 Å². The fourth-order valence-corrected chi connectivity index (χ4v) is 0.500. The molecule has 0 aromatic heterocycles. The molecule has 0 unspecified atom stereocenters. The van der Waals surface area contributed by atoms with Crippen molar-refractivity contribution in [3.63, 3.8) is 0 Å². The molecule has 0 amide bonds. The van der Waals surface area contributed by atoms with Crippen LogP contribution in [0.15, 0.2) is 0 Å². The summed E-state index contributed by atoms with van der Waals surface area (Å²) in [6.07, 6.45) is 0. The van der Waals surface area contributed by atoms with Crippen molar-refractivity contribution in [2.75, 3.05) is 41.3 Å². The van der Waals surface area contributed by atoms with E-state index in [0.717, 1.165) is 0 Å². The van der Waals surface area contributed by atoms with Crippen LogP contribution in [0.3, 0.4) is 0 Å². The van der Waals surface area contributed by atoms with Crippen LogP contribution in [0.25, 0.3) is 0 Å². The molecular formula is C6H18N2S4W-6. The van der Waals surface area contributed by atoms with Gasteiger partial charge < -0.3 is 63.8 Å². The van der Waals surface area contributed by atoms with Gasteiger partial charge in [-0.25, -0.2) is 0 Å². The molecule has 0 heterocycles. The van der Waals surface area contributed by atoms with E-state index in [1.165, 1.54) is 22.9 Å². The van der Waals surface area contributed by atoms with Gasteiger partial charge in [0, 0.05) is 21.1 Å². The van der Waals surface area contributed by atoms with Gasteiger partial charge in [-0.1, -0.05) is 0 Å². The molecule has 0 aromatic carbocycles. The zero-order valence-electron chi connectivity index (χ0n) is 8.46. The standard InChI is InChI=1S/C6H16N2.4S.W/c1-7(2)5-6-8(3)4;;;;;/h5-6H2,1-4H3;;;;;/q;4*-2;/p+2. The van der Waals surface area contributed by atoms with E-state index in [9.17, 15) is 0 Å². The normalized spacial score (nSPS) is 6.92. The summed E-state index contributed by atoms with van der Waals surface area (Å²) in [6, 6.07) is 0. The molecule has 2 nitrogen and oxygen atoms in total. The molecule has 0 aromatic rings. The number of rotatable bonds is 3. The van der Waals surface area contributed by atoms with Crippen LogP contribution >= 0.6 is 0 Å². The molecule has 88 valence electrons. The minimum Gasteiger partial charge on any atom is -2.00 e. The predicted octanol–water partition coefficient (Wildman–Crippen LogP) is -2.74. The quantitative estimate of drug-likeness (QED) is 0.481. The van der Waals surface area contributed by atoms with E-state index in [1.807, 2.05) is 0 Å². The van der Waals surface area contributed by atoms with Crippen molar-refractivity contribution in [1.82, 2.24) is 0 Å². The number of likely N-dealkylation sites (N-methyl/N-ethyl adjacent to an activating group) is 2. The fourth-order valence-electron chi connectivity index (χ4n) is 0.500. The number of quaternary nitrogens is 2. The summed E-state index contributed by atoms with van der Waals surface area (Å²) in [4.78, 5) is 3.07. The van der Waals surface area contributed by atoms with Gasteiger partial charge in [-0.15, -0.1) is 0 Å². The molecule has 0 rings (SSSR count). The van der Waals surface area contributed by atoms with Crippen molar-refractivity contribution >= 4 is 54.0 Å². The van der Waals surface area contributed by atoms with Crippen LogP contribution in [0.1, 0.15) is 0 Å². The molecule has 0 aliphatic rings. The second-order valence-corrected chi connectivity index (χ2v) is 2.91. The van der Waals surface area contributed by atoms with E-state index in [0.29, 0.717) is 0 Å². The van der Waals surface area contributed by atoms with Crippen molar-refractivity contribution < 1.29 is 30.9 Å². The molecule has 0 bridgehead atoms. The average molecular weight is 430 g/mol. The topological polar surface area (TPSA) is 8.88 Å². The zero-order valence-corrected chi connectivity index (χ0v) is 14.7. The molecule has 0 radical (unpaired) electrons. The average Bonchev–Trinajstić information content (AvgIpc) is 1.61. The van der Waals surface area contributed by atoms with Gasteiger partial charge in [0.1, 0.15) is 13.1 Å². The summed E-state index contributed by atoms with van der Waals surface area (Å²) in [5, 5.41) is 0. The van der Waals surface area contributed by atoms with Crippen molar-refractivity contribution in [1.29, 1.82) is 0 Å². The molecule has 0 aliphatic heterocycles. The Kier molecular flexibility index (Phi) is 66.1. The van der Waals surface area contributed by atoms with Crippen LogP contribution in [0.5, 0.6) is 0 Å². The summed E-state index contributed by atoms with van der Waals surface area (Å²) in [5.41, 5.74) is 0. The van der Waals surface area contributed by atoms with Crippen LogP contribution in [0.2, 0.25) is 0 Å². The summed E-state index contributed by atoms with van der Waals surface area (Å²) in [5.74, 6) is 0. The summed E-state index contributed by atoms with van der Waals surface area (Å²) in [6.45, 7) is 2.53. The minimum atomic E-state index is 0. The smallest absolute Gasteiger partial charge is 0.126 e. The number of nitrogens with one attached hydrogen (secondary N) is 2. The van der Waals surface area contributed by atoms with Gasteiger partial charge in [0.15, 0.2) is 0 Å². The third-order valence-corrected chi connectivity index (χ3v) is 1.12. The number of hydrogen-bond acceptors (Lipinski definition) is 0. The maximum Gasteiger partial charge on any atom is 0.126 e. The van der Waals surface area contributed by atoms with Gasteiger partial charge >= 0.3 is 0 Å². The van der Waals surface area contributed by atoms with E-state index in [-0.39, 0.29) is 75.0 Å². The zero-order chi connectivity index (χ0) is 6.57. The Morgan fingerprint density at radius 1 is 0.615 bits per heavy atom. The van der Waals surface area contributed by atoms with E-state index < -0.39 is 0 Å². The molecule has 0 fully saturated rings. The molecule has 0 saturated carbocycles. The molecular weight excluding hydrogens is 412 g/mol. The van der Waals surface area contributed by atoms with E-state index in [4.69, 9.17) is 0 Å². The van der Waals surface area contributed by atoms with Gasteiger partial charge in [0.2, 0.25) is 0 Å². The van der Waals surface area contributed by atoms with Gasteiger partial charge in [-0.05, 0) is 0 Å². The first-order valence-electron chi connectivity index (χ1n) is 3.21. The molecule has 0 aliphatic carbocycles. The minimum absolute atomic E-state index is 0. The second kappa shape index (κ2) is 23.7. The van der Waals surface area contributed by atoms with Crippen molar-refractivity contribution in [3.05, 3.63) is 0 Å². The van der Waals surface area contributed by atoms with Crippen molar-refractivity contribution in [2.45, 2.75) is 0 Å². The van der Waals surface area contributed by atoms with Gasteiger partial charge in [0.05, 0.1) is 28.2 Å². The van der Waals surface area contributed by atoms with E-state index in [1.54, 1.807) is 0 Å². The Morgan fingerprint density at radius 2 is 0.769 bits per heavy atom. The Bertz CT molecular complexity index is 58.6. The largest absolute Gasteiger partial charge is 2.00 e. The third-order valence-electron chi connectivity index (χ3n) is 1.12. The molecule has 13 heavy (non-hydrogen) atoms. The molecule has 2 N–H and O–H groups in total. The van der Waals surface area contributed by atoms with E-state index >= 15 is 0 Å².